The minimum atomic E-state index is -0.478. The summed E-state index contributed by atoms with van der Waals surface area (Å²) >= 11 is 0. The first-order valence-electron chi connectivity index (χ1n) is 6.80. The van der Waals surface area contributed by atoms with Crippen LogP contribution in [0.1, 0.15) is 24.3 Å². The van der Waals surface area contributed by atoms with Gasteiger partial charge in [0, 0.05) is 36.3 Å². The number of benzene rings is 1. The first-order chi connectivity index (χ1) is 10.7. The van der Waals surface area contributed by atoms with Gasteiger partial charge < -0.3 is 5.32 Å². The molecule has 0 aliphatic carbocycles. The Kier molecular flexibility index (Phi) is 6.98. The van der Waals surface area contributed by atoms with Crippen LogP contribution in [0.15, 0.2) is 60.9 Å². The Bertz CT molecular complexity index is 655. The van der Waals surface area contributed by atoms with Gasteiger partial charge in [0.1, 0.15) is 5.69 Å². The van der Waals surface area contributed by atoms with E-state index < -0.39 is 4.92 Å². The van der Waals surface area contributed by atoms with Gasteiger partial charge in [0.05, 0.1) is 4.92 Å². The van der Waals surface area contributed by atoms with Crippen molar-refractivity contribution in [2.75, 3.05) is 5.32 Å². The fourth-order valence-electron chi connectivity index (χ4n) is 1.52. The maximum absolute atomic E-state index is 11.7. The molecule has 2 aromatic rings. The van der Waals surface area contributed by atoms with Crippen molar-refractivity contribution in [1.82, 2.24) is 4.98 Å². The predicted octanol–water partition coefficient (Wildman–Crippen LogP) is 3.82. The van der Waals surface area contributed by atoms with Crippen molar-refractivity contribution < 1.29 is 9.72 Å². The highest BCUT2D eigenvalue weighted by molar-refractivity contribution is 6.03. The minimum absolute atomic E-state index is 0.0144. The highest BCUT2D eigenvalue weighted by Crippen LogP contribution is 2.16. The van der Waals surface area contributed by atoms with Gasteiger partial charge in [0.15, 0.2) is 0 Å². The molecule has 0 saturated heterocycles. The molecule has 0 saturated carbocycles. The van der Waals surface area contributed by atoms with Crippen molar-refractivity contribution in [2.45, 2.75) is 13.8 Å². The summed E-state index contributed by atoms with van der Waals surface area (Å²) < 4.78 is 0. The van der Waals surface area contributed by atoms with Gasteiger partial charge in [-0.05, 0) is 18.2 Å². The van der Waals surface area contributed by atoms with E-state index in [1.54, 1.807) is 30.3 Å². The maximum atomic E-state index is 11.7. The molecule has 0 unspecified atom stereocenters. The second-order valence-corrected chi connectivity index (χ2v) is 3.86. The topological polar surface area (TPSA) is 85.1 Å². The first-order valence-corrected chi connectivity index (χ1v) is 6.80. The molecule has 2 rings (SSSR count). The van der Waals surface area contributed by atoms with Gasteiger partial charge in [-0.3, -0.25) is 19.9 Å². The minimum Gasteiger partial charge on any atom is -0.361 e. The Balaban J connectivity index is 0.00000116. The van der Waals surface area contributed by atoms with Crippen LogP contribution < -0.4 is 5.32 Å². The molecule has 22 heavy (non-hydrogen) atoms. The molecule has 0 aliphatic heterocycles. The third-order valence-electron chi connectivity index (χ3n) is 2.46. The highest BCUT2D eigenvalue weighted by atomic mass is 16.6. The van der Waals surface area contributed by atoms with Crippen molar-refractivity contribution in [1.29, 1.82) is 0 Å². The fourth-order valence-corrected chi connectivity index (χ4v) is 1.52. The number of hydrogen-bond acceptors (Lipinski definition) is 5. The van der Waals surface area contributed by atoms with E-state index in [0.29, 0.717) is 11.4 Å². The molecule has 1 aromatic heterocycles. The number of allylic oxidation sites excluding steroid dienone is 1. The monoisotopic (exact) mass is 299 g/mol. The summed E-state index contributed by atoms with van der Waals surface area (Å²) in [5.41, 5.74) is 0.855. The van der Waals surface area contributed by atoms with Gasteiger partial charge in [-0.1, -0.05) is 26.0 Å². The molecule has 0 amide bonds. The number of non-ortho nitro benzene ring substituents is 1. The Morgan fingerprint density at radius 3 is 2.64 bits per heavy atom. The van der Waals surface area contributed by atoms with Crippen LogP contribution in [0, 0.1) is 10.1 Å². The second-order valence-electron chi connectivity index (χ2n) is 3.86. The lowest BCUT2D eigenvalue weighted by molar-refractivity contribution is -0.384. The fraction of sp³-hybridized carbons (Fsp3) is 0.125. The Labute approximate surface area is 128 Å². The molecule has 0 spiro atoms. The predicted molar refractivity (Wildman–Crippen MR) is 85.8 cm³/mol. The Morgan fingerprint density at radius 2 is 2.00 bits per heavy atom. The first kappa shape index (κ1) is 17.0. The molecular formula is C16H17N3O3. The lowest BCUT2D eigenvalue weighted by Gasteiger charge is -2.00. The number of nitrogens with zero attached hydrogens (tertiary/aromatic N) is 2. The number of rotatable bonds is 5. The summed E-state index contributed by atoms with van der Waals surface area (Å²) in [5, 5.41) is 13.4. The van der Waals surface area contributed by atoms with Crippen LogP contribution in [-0.2, 0) is 0 Å². The van der Waals surface area contributed by atoms with Crippen LogP contribution in [0.25, 0.3) is 0 Å². The number of nitro groups is 1. The lowest BCUT2D eigenvalue weighted by atomic mass is 10.2. The number of aromatic nitrogens is 1. The summed E-state index contributed by atoms with van der Waals surface area (Å²) in [6.45, 7) is 4.00. The van der Waals surface area contributed by atoms with Crippen LogP contribution in [-0.4, -0.2) is 15.7 Å². The lowest BCUT2D eigenvalue weighted by Crippen LogP contribution is -1.98. The molecule has 1 N–H and O–H groups in total. The number of pyridine rings is 1. The Hall–Kier alpha value is -3.02. The van der Waals surface area contributed by atoms with E-state index in [0.717, 1.165) is 0 Å². The zero-order valence-corrected chi connectivity index (χ0v) is 12.4. The van der Waals surface area contributed by atoms with Crippen LogP contribution in [0.5, 0.6) is 0 Å². The summed E-state index contributed by atoms with van der Waals surface area (Å²) in [6.07, 6.45) is 4.28. The van der Waals surface area contributed by atoms with Crippen LogP contribution in [0.2, 0.25) is 0 Å². The molecule has 1 heterocycles. The molecule has 0 atom stereocenters. The standard InChI is InChI=1S/C14H11N3O3.C2H6/c18-14(13-6-1-2-8-16-13)7-9-15-11-4-3-5-12(10-11)17(19)20;1-2/h1-10,15H;1-2H3/b9-7-;. The van der Waals surface area contributed by atoms with Crippen molar-refractivity contribution >= 4 is 17.2 Å². The summed E-state index contributed by atoms with van der Waals surface area (Å²) in [7, 11) is 0. The average molecular weight is 299 g/mol. The molecular weight excluding hydrogens is 282 g/mol. The van der Waals surface area contributed by atoms with Gasteiger partial charge in [-0.2, -0.15) is 0 Å². The van der Waals surface area contributed by atoms with E-state index in [-0.39, 0.29) is 11.5 Å². The number of nitro benzene ring substituents is 1. The van der Waals surface area contributed by atoms with E-state index in [9.17, 15) is 14.9 Å². The van der Waals surface area contributed by atoms with Crippen molar-refractivity contribution in [2.24, 2.45) is 0 Å². The summed E-state index contributed by atoms with van der Waals surface area (Å²) in [4.78, 5) is 25.8. The van der Waals surface area contributed by atoms with Crippen LogP contribution >= 0.6 is 0 Å². The molecule has 0 aliphatic rings. The van der Waals surface area contributed by atoms with Gasteiger partial charge in [-0.15, -0.1) is 0 Å². The smallest absolute Gasteiger partial charge is 0.271 e. The zero-order valence-electron chi connectivity index (χ0n) is 12.4. The zero-order chi connectivity index (χ0) is 16.4. The van der Waals surface area contributed by atoms with E-state index in [4.69, 9.17) is 0 Å². The van der Waals surface area contributed by atoms with Crippen LogP contribution in [0.4, 0.5) is 11.4 Å². The Morgan fingerprint density at radius 1 is 1.23 bits per heavy atom. The van der Waals surface area contributed by atoms with Crippen molar-refractivity contribution in [3.05, 3.63) is 76.7 Å². The van der Waals surface area contributed by atoms with E-state index >= 15 is 0 Å². The molecule has 0 fully saturated rings. The maximum Gasteiger partial charge on any atom is 0.271 e. The number of anilines is 1. The number of nitrogens with one attached hydrogen (secondary N) is 1. The van der Waals surface area contributed by atoms with Gasteiger partial charge in [-0.25, -0.2) is 0 Å². The van der Waals surface area contributed by atoms with E-state index in [2.05, 4.69) is 10.3 Å². The van der Waals surface area contributed by atoms with Crippen LogP contribution in [0.3, 0.4) is 0 Å². The van der Waals surface area contributed by atoms with E-state index in [1.165, 1.54) is 30.6 Å². The number of carbonyl (C=O) groups excluding carboxylic acids is 1. The normalized spacial score (nSPS) is 9.73. The number of ketones is 1. The van der Waals surface area contributed by atoms with Gasteiger partial charge in [0.25, 0.3) is 5.69 Å². The van der Waals surface area contributed by atoms with E-state index in [1.807, 2.05) is 13.8 Å². The van der Waals surface area contributed by atoms with Crippen molar-refractivity contribution in [3.63, 3.8) is 0 Å². The molecule has 114 valence electrons. The largest absolute Gasteiger partial charge is 0.361 e. The second kappa shape index (κ2) is 9.02. The molecule has 0 radical (unpaired) electrons. The third-order valence-corrected chi connectivity index (χ3v) is 2.46. The van der Waals surface area contributed by atoms with Gasteiger partial charge in [0.2, 0.25) is 5.78 Å². The molecule has 0 bridgehead atoms. The summed E-state index contributed by atoms with van der Waals surface area (Å²) in [6, 6.07) is 11.1. The molecule has 1 aromatic carbocycles. The van der Waals surface area contributed by atoms with Crippen molar-refractivity contribution in [3.8, 4) is 0 Å². The highest BCUT2D eigenvalue weighted by Gasteiger charge is 2.04. The summed E-state index contributed by atoms with van der Waals surface area (Å²) in [5.74, 6) is -0.247. The molecule has 6 heteroatoms. The molecule has 6 nitrogen and oxygen atoms in total. The quantitative estimate of drug-likeness (QED) is 0.392. The average Bonchev–Trinajstić information content (AvgIpc) is 2.57. The third kappa shape index (κ3) is 5.16. The van der Waals surface area contributed by atoms with Gasteiger partial charge >= 0.3 is 0 Å². The SMILES string of the molecule is CC.O=C(/C=C\Nc1cccc([N+](=O)[O-])c1)c1ccccn1. The number of carbonyl (C=O) groups is 1. The number of hydrogen-bond donors (Lipinski definition) is 1.